The Morgan fingerprint density at radius 2 is 1.71 bits per heavy atom. The van der Waals surface area contributed by atoms with Crippen LogP contribution in [0.4, 0.5) is 43.4 Å². The van der Waals surface area contributed by atoms with E-state index in [0.717, 1.165) is 49.9 Å². The van der Waals surface area contributed by atoms with Crippen LogP contribution in [0, 0.1) is 0 Å². The molecule has 0 amide bonds. The summed E-state index contributed by atoms with van der Waals surface area (Å²) >= 11 is 1.23. The number of benzene rings is 3. The highest BCUT2D eigenvalue weighted by Gasteiger charge is 2.43. The summed E-state index contributed by atoms with van der Waals surface area (Å²) < 4.78 is 79.1. The van der Waals surface area contributed by atoms with Crippen molar-refractivity contribution in [3.63, 3.8) is 0 Å². The normalized spacial score (nSPS) is 16.1. The summed E-state index contributed by atoms with van der Waals surface area (Å²) in [5.41, 5.74) is 3.39. The molecule has 6 nitrogen and oxygen atoms in total. The van der Waals surface area contributed by atoms with Gasteiger partial charge in [-0.05, 0) is 54.8 Å². The highest BCUT2D eigenvalue weighted by Crippen LogP contribution is 2.50. The van der Waals surface area contributed by atoms with Gasteiger partial charge in [0.05, 0.1) is 22.6 Å². The van der Waals surface area contributed by atoms with Gasteiger partial charge in [0.15, 0.2) is 0 Å². The highest BCUT2D eigenvalue weighted by atomic mass is 32.2. The molecule has 0 atom stereocenters. The number of aromatic amines is 1. The van der Waals surface area contributed by atoms with Crippen molar-refractivity contribution in [1.29, 1.82) is 0 Å². The number of rotatable bonds is 4. The minimum Gasteiger partial charge on any atom is -0.380 e. The molecule has 2 aliphatic rings. The van der Waals surface area contributed by atoms with E-state index in [-0.39, 0.29) is 37.7 Å². The molecule has 1 fully saturated rings. The first-order valence-electron chi connectivity index (χ1n) is 12.7. The molecule has 0 unspecified atom stereocenters. The number of piperidine rings is 1. The van der Waals surface area contributed by atoms with E-state index in [2.05, 4.69) is 20.5 Å². The number of anilines is 3. The van der Waals surface area contributed by atoms with Crippen LogP contribution in [0.1, 0.15) is 18.4 Å². The number of nitrogens with one attached hydrogen (secondary N) is 3. The molecule has 6 rings (SSSR count). The molecule has 0 spiro atoms. The molecule has 3 N–H and O–H groups in total. The Kier molecular flexibility index (Phi) is 6.81. The van der Waals surface area contributed by atoms with Gasteiger partial charge in [0.1, 0.15) is 0 Å². The minimum absolute atomic E-state index is 0.00217. The van der Waals surface area contributed by atoms with Gasteiger partial charge in [0.25, 0.3) is 0 Å². The third kappa shape index (κ3) is 5.68. The summed E-state index contributed by atoms with van der Waals surface area (Å²) in [5, 5.41) is 8.38. The van der Waals surface area contributed by atoms with E-state index in [9.17, 15) is 31.1 Å². The van der Waals surface area contributed by atoms with Crippen LogP contribution >= 0.6 is 11.8 Å². The molecule has 3 heterocycles. The molecule has 0 bridgehead atoms. The average molecular weight is 593 g/mol. The Morgan fingerprint density at radius 1 is 0.951 bits per heavy atom. The summed E-state index contributed by atoms with van der Waals surface area (Å²) in [6.45, 7) is 0.00433. The van der Waals surface area contributed by atoms with Crippen molar-refractivity contribution in [2.45, 2.75) is 41.0 Å². The Bertz CT molecular complexity index is 1590. The monoisotopic (exact) mass is 592 g/mol. The van der Waals surface area contributed by atoms with Gasteiger partial charge in [-0.2, -0.15) is 26.3 Å². The fraction of sp³-hybridized carbons (Fsp3) is 0.250. The number of carbonyl (C=O) groups is 1. The smallest absolute Gasteiger partial charge is 0.380 e. The molecule has 2 aliphatic heterocycles. The Balaban J connectivity index is 1.24. The van der Waals surface area contributed by atoms with Gasteiger partial charge in [-0.25, -0.2) is 4.79 Å². The lowest BCUT2D eigenvalue weighted by atomic mass is 10.0. The maximum absolute atomic E-state index is 13.9. The largest absolute Gasteiger partial charge is 0.492 e. The molecule has 0 aliphatic carbocycles. The molecule has 13 heteroatoms. The third-order valence-corrected chi connectivity index (χ3v) is 8.09. The number of carbonyl (C=O) groups excluding carboxylic acids is 1. The minimum atomic E-state index is -5.11. The van der Waals surface area contributed by atoms with E-state index in [1.807, 2.05) is 48.5 Å². The zero-order chi connectivity index (χ0) is 28.9. The van der Waals surface area contributed by atoms with Crippen LogP contribution in [-0.2, 0) is 15.8 Å². The Labute approximate surface area is 234 Å². The van der Waals surface area contributed by atoms with E-state index in [0.29, 0.717) is 10.6 Å². The number of fused-ring (bicyclic) bond motifs is 3. The number of H-pyrrole nitrogens is 1. The number of para-hydroxylation sites is 1. The van der Waals surface area contributed by atoms with Crippen LogP contribution < -0.4 is 10.6 Å². The zero-order valence-corrected chi connectivity index (χ0v) is 21.9. The molecule has 214 valence electrons. The van der Waals surface area contributed by atoms with E-state index in [1.54, 1.807) is 0 Å². The second-order valence-electron chi connectivity index (χ2n) is 9.83. The SMILES string of the molecule is O=C(ON1CCC(Nc2cc(C(F)(F)F)cc3c2Nc2ccc(-c4cc5ccccc5[nH]4)cc2S3)CC1)C(F)(F)F. The zero-order valence-electron chi connectivity index (χ0n) is 21.1. The summed E-state index contributed by atoms with van der Waals surface area (Å²) in [7, 11) is 0. The highest BCUT2D eigenvalue weighted by molar-refractivity contribution is 7.99. The fourth-order valence-corrected chi connectivity index (χ4v) is 6.04. The number of aromatic nitrogens is 1. The number of hydrogen-bond donors (Lipinski definition) is 3. The van der Waals surface area contributed by atoms with E-state index in [1.165, 1.54) is 11.8 Å². The topological polar surface area (TPSA) is 69.4 Å². The van der Waals surface area contributed by atoms with Gasteiger partial charge in [-0.1, -0.05) is 36.0 Å². The van der Waals surface area contributed by atoms with Crippen molar-refractivity contribution < 1.29 is 36.0 Å². The van der Waals surface area contributed by atoms with Crippen molar-refractivity contribution in [3.8, 4) is 11.3 Å². The quantitative estimate of drug-likeness (QED) is 0.184. The maximum atomic E-state index is 13.9. The number of alkyl halides is 6. The molecule has 1 saturated heterocycles. The van der Waals surface area contributed by atoms with Crippen LogP contribution in [-0.4, -0.2) is 41.3 Å². The van der Waals surface area contributed by atoms with Crippen molar-refractivity contribution in [2.75, 3.05) is 23.7 Å². The van der Waals surface area contributed by atoms with Crippen LogP contribution in [0.2, 0.25) is 0 Å². The summed E-state index contributed by atoms with van der Waals surface area (Å²) in [6.07, 6.45) is -9.18. The van der Waals surface area contributed by atoms with Crippen LogP contribution in [0.5, 0.6) is 0 Å². The Hall–Kier alpha value is -3.84. The van der Waals surface area contributed by atoms with Gasteiger partial charge < -0.3 is 20.5 Å². The number of hydrogen-bond acceptors (Lipinski definition) is 6. The molecule has 3 aromatic carbocycles. The summed E-state index contributed by atoms with van der Waals surface area (Å²) in [5.74, 6) is -2.30. The second kappa shape index (κ2) is 10.2. The van der Waals surface area contributed by atoms with Gasteiger partial charge in [0.2, 0.25) is 0 Å². The fourth-order valence-electron chi connectivity index (χ4n) is 4.94. The number of halogens is 6. The lowest BCUT2D eigenvalue weighted by Gasteiger charge is -2.33. The molecule has 4 aromatic rings. The van der Waals surface area contributed by atoms with Crippen molar-refractivity contribution >= 4 is 45.7 Å². The summed E-state index contributed by atoms with van der Waals surface area (Å²) in [4.78, 5) is 20.0. The van der Waals surface area contributed by atoms with Crippen molar-refractivity contribution in [2.24, 2.45) is 0 Å². The van der Waals surface area contributed by atoms with Gasteiger partial charge in [-0.15, -0.1) is 5.06 Å². The molecular weight excluding hydrogens is 570 g/mol. The van der Waals surface area contributed by atoms with E-state index in [4.69, 9.17) is 0 Å². The van der Waals surface area contributed by atoms with Gasteiger partial charge in [-0.3, -0.25) is 0 Å². The van der Waals surface area contributed by atoms with Crippen molar-refractivity contribution in [3.05, 3.63) is 66.2 Å². The van der Waals surface area contributed by atoms with Crippen LogP contribution in [0.15, 0.2) is 70.5 Å². The second-order valence-corrected chi connectivity index (χ2v) is 10.9. The van der Waals surface area contributed by atoms with Crippen LogP contribution in [0.3, 0.4) is 0 Å². The first-order chi connectivity index (χ1) is 19.4. The Morgan fingerprint density at radius 3 is 2.41 bits per heavy atom. The standard InChI is InChI=1S/C28H22F6N4O2S/c29-27(30,31)17-13-22(35-18-7-9-38(10-8-18)40-26(39)28(32,33)34)25-24(14-17)41-23-12-16(5-6-20(23)37-25)21-11-15-3-1-2-4-19(15)36-21/h1-6,11-14,18,35-37H,7-10H2. The van der Waals surface area contributed by atoms with E-state index < -0.39 is 23.9 Å². The van der Waals surface area contributed by atoms with E-state index >= 15 is 0 Å². The molecule has 0 radical (unpaired) electrons. The van der Waals surface area contributed by atoms with Gasteiger partial charge in [0, 0.05) is 45.5 Å². The third-order valence-electron chi connectivity index (χ3n) is 6.99. The predicted molar refractivity (Wildman–Crippen MR) is 143 cm³/mol. The van der Waals surface area contributed by atoms with Gasteiger partial charge >= 0.3 is 18.3 Å². The lowest BCUT2D eigenvalue weighted by Crippen LogP contribution is -2.42. The number of hydroxylamine groups is 2. The van der Waals surface area contributed by atoms with Crippen molar-refractivity contribution in [1.82, 2.24) is 10.0 Å². The predicted octanol–water partition coefficient (Wildman–Crippen LogP) is 7.96. The van der Waals surface area contributed by atoms with Crippen LogP contribution in [0.25, 0.3) is 22.2 Å². The maximum Gasteiger partial charge on any atom is 0.492 e. The molecular formula is C28H22F6N4O2S. The average Bonchev–Trinajstić information content (AvgIpc) is 3.36. The molecule has 41 heavy (non-hydrogen) atoms. The number of nitrogens with zero attached hydrogens (tertiary/aromatic N) is 1. The lowest BCUT2D eigenvalue weighted by molar-refractivity contribution is -0.241. The first kappa shape index (κ1) is 27.3. The first-order valence-corrected chi connectivity index (χ1v) is 13.5. The summed E-state index contributed by atoms with van der Waals surface area (Å²) in [6, 6.07) is 17.4. The molecule has 1 aromatic heterocycles. The molecule has 0 saturated carbocycles.